The minimum atomic E-state index is 0.221. The molecule has 26 heavy (non-hydrogen) atoms. The van der Waals surface area contributed by atoms with Crippen LogP contribution in [0.5, 0.6) is 0 Å². The monoisotopic (exact) mass is 347 g/mol. The molecule has 4 heterocycles. The van der Waals surface area contributed by atoms with Crippen molar-refractivity contribution in [2.75, 3.05) is 11.4 Å². The Morgan fingerprint density at radius 1 is 1.04 bits per heavy atom. The van der Waals surface area contributed by atoms with Crippen molar-refractivity contribution < 1.29 is 4.79 Å². The minimum Gasteiger partial charge on any atom is -0.318 e. The molecule has 3 aliphatic heterocycles. The third-order valence-electron chi connectivity index (χ3n) is 6.50. The maximum absolute atomic E-state index is 13.6. The van der Waals surface area contributed by atoms with Crippen LogP contribution in [-0.2, 0) is 6.42 Å². The summed E-state index contributed by atoms with van der Waals surface area (Å²) in [6.45, 7) is 0.837. The molecule has 2 fully saturated rings. The van der Waals surface area contributed by atoms with Crippen LogP contribution in [0.2, 0.25) is 0 Å². The van der Waals surface area contributed by atoms with Crippen molar-refractivity contribution in [3.63, 3.8) is 0 Å². The molecule has 0 aliphatic carbocycles. The molecule has 4 nitrogen and oxygen atoms in total. The zero-order valence-electron chi connectivity index (χ0n) is 15.1. The molecule has 2 amide bonds. The van der Waals surface area contributed by atoms with E-state index in [0.717, 1.165) is 44.3 Å². The molecule has 1 aromatic heterocycles. The van der Waals surface area contributed by atoms with Crippen LogP contribution >= 0.6 is 0 Å². The van der Waals surface area contributed by atoms with E-state index in [0.29, 0.717) is 18.0 Å². The van der Waals surface area contributed by atoms with Gasteiger partial charge in [-0.3, -0.25) is 9.88 Å². The fourth-order valence-corrected chi connectivity index (χ4v) is 5.31. The molecule has 3 atom stereocenters. The van der Waals surface area contributed by atoms with Gasteiger partial charge in [0.25, 0.3) is 0 Å². The van der Waals surface area contributed by atoms with Crippen molar-refractivity contribution in [2.24, 2.45) is 0 Å². The van der Waals surface area contributed by atoms with Gasteiger partial charge >= 0.3 is 6.03 Å². The summed E-state index contributed by atoms with van der Waals surface area (Å²) in [5, 5.41) is 0. The van der Waals surface area contributed by atoms with Gasteiger partial charge in [-0.25, -0.2) is 4.79 Å². The van der Waals surface area contributed by atoms with Gasteiger partial charge in [-0.1, -0.05) is 24.3 Å². The Balaban J connectivity index is 1.46. The molecular weight excluding hydrogens is 322 g/mol. The predicted octanol–water partition coefficient (Wildman–Crippen LogP) is 4.36. The topological polar surface area (TPSA) is 36.4 Å². The average molecular weight is 347 g/mol. The number of hydrogen-bond acceptors (Lipinski definition) is 2. The minimum absolute atomic E-state index is 0.221. The Bertz CT molecular complexity index is 806. The van der Waals surface area contributed by atoms with Crippen LogP contribution in [0.25, 0.3) is 0 Å². The lowest BCUT2D eigenvalue weighted by atomic mass is 9.85. The van der Waals surface area contributed by atoms with Crippen LogP contribution in [0.15, 0.2) is 48.8 Å². The zero-order chi connectivity index (χ0) is 17.5. The van der Waals surface area contributed by atoms with Crippen LogP contribution in [0, 0.1) is 0 Å². The number of benzene rings is 1. The number of hydrogen-bond donors (Lipinski definition) is 0. The molecule has 4 heteroatoms. The van der Waals surface area contributed by atoms with Crippen LogP contribution in [0.3, 0.4) is 0 Å². The fourth-order valence-electron chi connectivity index (χ4n) is 5.31. The highest BCUT2D eigenvalue weighted by Crippen LogP contribution is 2.45. The standard InChI is InChI=1S/C22H25N3O/c26-22(24-14-4-7-16-5-1-2-8-20(16)24)25-18-9-11-19(21(25)12-10-18)17-6-3-13-23-15-17/h1-3,5-6,8,13,15,18-19,21H,4,7,9-12,14H2. The summed E-state index contributed by atoms with van der Waals surface area (Å²) < 4.78 is 0. The second-order valence-corrected chi connectivity index (χ2v) is 7.84. The lowest BCUT2D eigenvalue weighted by Gasteiger charge is -2.43. The maximum atomic E-state index is 13.6. The van der Waals surface area contributed by atoms with Crippen LogP contribution in [-0.4, -0.2) is 34.5 Å². The molecule has 0 radical (unpaired) electrons. The molecule has 3 unspecified atom stereocenters. The molecule has 3 aliphatic rings. The number of para-hydroxylation sites is 1. The molecule has 0 N–H and O–H groups in total. The van der Waals surface area contributed by atoms with E-state index in [1.165, 1.54) is 17.5 Å². The number of carbonyl (C=O) groups excluding carboxylic acids is 1. The highest BCUT2D eigenvalue weighted by atomic mass is 16.2. The van der Waals surface area contributed by atoms with E-state index in [2.05, 4.69) is 34.1 Å². The number of piperidine rings is 1. The van der Waals surface area contributed by atoms with Gasteiger partial charge in [0.2, 0.25) is 0 Å². The van der Waals surface area contributed by atoms with Crippen molar-refractivity contribution in [2.45, 2.75) is 56.5 Å². The zero-order valence-corrected chi connectivity index (χ0v) is 15.1. The first-order valence-electron chi connectivity index (χ1n) is 9.90. The van der Waals surface area contributed by atoms with Crippen molar-refractivity contribution in [1.29, 1.82) is 0 Å². The van der Waals surface area contributed by atoms with Crippen molar-refractivity contribution in [1.82, 2.24) is 9.88 Å². The van der Waals surface area contributed by atoms with Gasteiger partial charge in [-0.2, -0.15) is 0 Å². The van der Waals surface area contributed by atoms with E-state index in [4.69, 9.17) is 0 Å². The second kappa shape index (κ2) is 6.42. The molecular formula is C22H25N3O. The number of anilines is 1. The number of pyridine rings is 1. The van der Waals surface area contributed by atoms with Crippen LogP contribution in [0.4, 0.5) is 10.5 Å². The molecule has 2 saturated heterocycles. The summed E-state index contributed by atoms with van der Waals surface area (Å²) in [6, 6.07) is 13.5. The molecule has 2 bridgehead atoms. The summed E-state index contributed by atoms with van der Waals surface area (Å²) in [5.74, 6) is 0.423. The SMILES string of the molecule is O=C(N1CCCc2ccccc21)N1C2CCC(c3cccnc3)C1CC2. The highest BCUT2D eigenvalue weighted by molar-refractivity contribution is 5.94. The first kappa shape index (κ1) is 15.9. The largest absolute Gasteiger partial charge is 0.325 e. The van der Waals surface area contributed by atoms with Gasteiger partial charge in [0, 0.05) is 42.6 Å². The van der Waals surface area contributed by atoms with E-state index >= 15 is 0 Å². The van der Waals surface area contributed by atoms with Gasteiger partial charge in [-0.15, -0.1) is 0 Å². The first-order valence-corrected chi connectivity index (χ1v) is 9.90. The van der Waals surface area contributed by atoms with Gasteiger partial charge in [0.05, 0.1) is 0 Å². The number of fused-ring (bicyclic) bond motifs is 3. The first-order chi connectivity index (χ1) is 12.8. The van der Waals surface area contributed by atoms with E-state index in [1.807, 2.05) is 29.4 Å². The molecule has 0 spiro atoms. The number of urea groups is 1. The van der Waals surface area contributed by atoms with Crippen molar-refractivity contribution in [3.05, 3.63) is 59.9 Å². The number of nitrogens with zero attached hydrogens (tertiary/aromatic N) is 3. The van der Waals surface area contributed by atoms with Crippen molar-refractivity contribution in [3.8, 4) is 0 Å². The summed E-state index contributed by atoms with van der Waals surface area (Å²) in [6.07, 6.45) is 10.5. The number of carbonyl (C=O) groups is 1. The Labute approximate surface area is 154 Å². The van der Waals surface area contributed by atoms with Crippen LogP contribution < -0.4 is 4.90 Å². The Morgan fingerprint density at radius 2 is 1.92 bits per heavy atom. The predicted molar refractivity (Wildman–Crippen MR) is 102 cm³/mol. The van der Waals surface area contributed by atoms with E-state index in [9.17, 15) is 4.79 Å². The van der Waals surface area contributed by atoms with E-state index in [-0.39, 0.29) is 6.03 Å². The van der Waals surface area contributed by atoms with Gasteiger partial charge in [-0.05, 0) is 61.8 Å². The third kappa shape index (κ3) is 2.51. The van der Waals surface area contributed by atoms with E-state index in [1.54, 1.807) is 0 Å². The Morgan fingerprint density at radius 3 is 2.81 bits per heavy atom. The molecule has 134 valence electrons. The summed E-state index contributed by atoms with van der Waals surface area (Å²) in [5.41, 5.74) is 3.71. The fraction of sp³-hybridized carbons (Fsp3) is 0.455. The molecule has 1 aromatic carbocycles. The number of aryl methyl sites for hydroxylation is 1. The number of aromatic nitrogens is 1. The lowest BCUT2D eigenvalue weighted by molar-refractivity contribution is 0.139. The molecule has 2 aromatic rings. The summed E-state index contributed by atoms with van der Waals surface area (Å²) in [4.78, 5) is 22.2. The Kier molecular flexibility index (Phi) is 3.92. The maximum Gasteiger partial charge on any atom is 0.325 e. The van der Waals surface area contributed by atoms with Gasteiger partial charge in [0.15, 0.2) is 0 Å². The van der Waals surface area contributed by atoms with Gasteiger partial charge < -0.3 is 4.90 Å². The summed E-state index contributed by atoms with van der Waals surface area (Å²) >= 11 is 0. The smallest absolute Gasteiger partial charge is 0.318 e. The third-order valence-corrected chi connectivity index (χ3v) is 6.50. The lowest BCUT2D eigenvalue weighted by Crippen LogP contribution is -2.54. The van der Waals surface area contributed by atoms with E-state index < -0.39 is 0 Å². The summed E-state index contributed by atoms with van der Waals surface area (Å²) in [7, 11) is 0. The normalized spacial score (nSPS) is 27.3. The number of rotatable bonds is 1. The molecule has 5 rings (SSSR count). The quantitative estimate of drug-likeness (QED) is 0.768. The van der Waals surface area contributed by atoms with Crippen LogP contribution in [0.1, 0.15) is 49.1 Å². The number of amides is 2. The van der Waals surface area contributed by atoms with Crippen molar-refractivity contribution >= 4 is 11.7 Å². The van der Waals surface area contributed by atoms with Gasteiger partial charge in [0.1, 0.15) is 0 Å². The Hall–Kier alpha value is -2.36. The molecule has 0 saturated carbocycles. The average Bonchev–Trinajstić information content (AvgIpc) is 3.00. The second-order valence-electron chi connectivity index (χ2n) is 7.84. The highest BCUT2D eigenvalue weighted by Gasteiger charge is 2.46.